The first-order valence-corrected chi connectivity index (χ1v) is 4.48. The molecule has 1 saturated heterocycles. The molecule has 0 N–H and O–H groups in total. The van der Waals surface area contributed by atoms with Gasteiger partial charge in [-0.15, -0.1) is 0 Å². The Kier molecular flexibility index (Phi) is 2.99. The van der Waals surface area contributed by atoms with Crippen molar-refractivity contribution in [2.45, 2.75) is 37.1 Å². The van der Waals surface area contributed by atoms with Crippen LogP contribution in [0.4, 0.5) is 0 Å². The number of halogens is 1. The normalized spacial score (nSPS) is 32.0. The molecule has 0 aromatic heterocycles. The maximum Gasteiger partial charge on any atom is 0.0697 e. The summed E-state index contributed by atoms with van der Waals surface area (Å²) in [7, 11) is 0. The quantitative estimate of drug-likeness (QED) is 0.580. The van der Waals surface area contributed by atoms with Gasteiger partial charge in [0, 0.05) is 11.4 Å². The van der Waals surface area contributed by atoms with Crippen molar-refractivity contribution in [2.75, 3.05) is 6.61 Å². The lowest BCUT2D eigenvalue weighted by molar-refractivity contribution is 0.0189. The van der Waals surface area contributed by atoms with Crippen molar-refractivity contribution in [1.29, 1.82) is 0 Å². The lowest BCUT2D eigenvalue weighted by Gasteiger charge is -2.24. The summed E-state index contributed by atoms with van der Waals surface area (Å²) in [6, 6.07) is 0. The molecule has 1 fully saturated rings. The maximum absolute atomic E-state index is 5.49. The average Bonchev–Trinajstić information content (AvgIpc) is 1.90. The monoisotopic (exact) mass is 192 g/mol. The molecule has 2 atom stereocenters. The molecule has 9 heavy (non-hydrogen) atoms. The van der Waals surface area contributed by atoms with Crippen molar-refractivity contribution in [2.24, 2.45) is 0 Å². The van der Waals surface area contributed by atoms with Gasteiger partial charge in [0.05, 0.1) is 6.10 Å². The third-order valence-corrected chi connectivity index (χ3v) is 2.32. The van der Waals surface area contributed by atoms with Crippen LogP contribution >= 0.6 is 15.9 Å². The first-order chi connectivity index (χ1) is 4.30. The van der Waals surface area contributed by atoms with E-state index < -0.39 is 0 Å². The van der Waals surface area contributed by atoms with Crippen LogP contribution in [0.25, 0.3) is 0 Å². The van der Waals surface area contributed by atoms with Crippen molar-refractivity contribution in [3.63, 3.8) is 0 Å². The third kappa shape index (κ3) is 2.26. The van der Waals surface area contributed by atoms with Crippen LogP contribution in [0.5, 0.6) is 0 Å². The van der Waals surface area contributed by atoms with Crippen LogP contribution in [-0.4, -0.2) is 17.5 Å². The fraction of sp³-hybridized carbons (Fsp3) is 1.00. The molecule has 0 bridgehead atoms. The second kappa shape index (κ2) is 3.57. The minimum atomic E-state index is 0.471. The Hall–Kier alpha value is 0.440. The van der Waals surface area contributed by atoms with Crippen molar-refractivity contribution < 1.29 is 4.74 Å². The first kappa shape index (κ1) is 7.55. The Morgan fingerprint density at radius 3 is 2.67 bits per heavy atom. The third-order valence-electron chi connectivity index (χ3n) is 1.73. The average molecular weight is 193 g/mol. The van der Waals surface area contributed by atoms with E-state index in [1.807, 2.05) is 0 Å². The highest BCUT2D eigenvalue weighted by Crippen LogP contribution is 2.19. The van der Waals surface area contributed by atoms with E-state index in [0.29, 0.717) is 10.9 Å². The standard InChI is InChI=1S/C7H13BrO/c1-6(8)7-4-2-3-5-9-7/h6-7H,2-5H2,1H3. The van der Waals surface area contributed by atoms with Crippen LogP contribution in [0, 0.1) is 0 Å². The van der Waals surface area contributed by atoms with Crippen LogP contribution in [0.15, 0.2) is 0 Å². The predicted molar refractivity (Wildman–Crippen MR) is 42.0 cm³/mol. The second-order valence-electron chi connectivity index (χ2n) is 2.58. The first-order valence-electron chi connectivity index (χ1n) is 3.56. The second-order valence-corrected chi connectivity index (χ2v) is 4.03. The van der Waals surface area contributed by atoms with Gasteiger partial charge in [0.25, 0.3) is 0 Å². The summed E-state index contributed by atoms with van der Waals surface area (Å²) >= 11 is 3.51. The topological polar surface area (TPSA) is 9.23 Å². The van der Waals surface area contributed by atoms with Crippen molar-refractivity contribution >= 4 is 15.9 Å². The Morgan fingerprint density at radius 1 is 1.56 bits per heavy atom. The van der Waals surface area contributed by atoms with Gasteiger partial charge in [0.15, 0.2) is 0 Å². The molecule has 2 unspecified atom stereocenters. The SMILES string of the molecule is CC(Br)C1CCCCO1. The summed E-state index contributed by atoms with van der Waals surface area (Å²) in [5.41, 5.74) is 0. The van der Waals surface area contributed by atoms with Crippen LogP contribution in [0.1, 0.15) is 26.2 Å². The molecule has 0 amide bonds. The molecule has 0 spiro atoms. The highest BCUT2D eigenvalue weighted by Gasteiger charge is 2.17. The molecule has 0 saturated carbocycles. The van der Waals surface area contributed by atoms with Crippen molar-refractivity contribution in [3.05, 3.63) is 0 Å². The number of hydrogen-bond donors (Lipinski definition) is 0. The Labute approximate surface area is 64.9 Å². The fourth-order valence-electron chi connectivity index (χ4n) is 1.13. The van der Waals surface area contributed by atoms with E-state index in [0.717, 1.165) is 6.61 Å². The molecular formula is C7H13BrO. The van der Waals surface area contributed by atoms with Gasteiger partial charge in [0.2, 0.25) is 0 Å². The Morgan fingerprint density at radius 2 is 2.33 bits per heavy atom. The zero-order valence-electron chi connectivity index (χ0n) is 5.77. The van der Waals surface area contributed by atoms with Crippen LogP contribution in [0.3, 0.4) is 0 Å². The summed E-state index contributed by atoms with van der Waals surface area (Å²) in [6.07, 6.45) is 4.28. The minimum absolute atomic E-state index is 0.471. The van der Waals surface area contributed by atoms with E-state index in [4.69, 9.17) is 4.74 Å². The van der Waals surface area contributed by atoms with Gasteiger partial charge in [0.1, 0.15) is 0 Å². The lowest BCUT2D eigenvalue weighted by atomic mass is 10.1. The van der Waals surface area contributed by atoms with Gasteiger partial charge in [-0.2, -0.15) is 0 Å². The van der Waals surface area contributed by atoms with E-state index >= 15 is 0 Å². The van der Waals surface area contributed by atoms with Gasteiger partial charge in [-0.05, 0) is 19.3 Å². The Balaban J connectivity index is 2.23. The predicted octanol–water partition coefficient (Wildman–Crippen LogP) is 2.34. The minimum Gasteiger partial charge on any atom is -0.377 e. The summed E-state index contributed by atoms with van der Waals surface area (Å²) < 4.78 is 5.49. The van der Waals surface area contributed by atoms with E-state index in [2.05, 4.69) is 22.9 Å². The smallest absolute Gasteiger partial charge is 0.0697 e. The molecule has 1 rings (SSSR count). The molecule has 1 nitrogen and oxygen atoms in total. The molecular weight excluding hydrogens is 180 g/mol. The Bertz CT molecular complexity index is 77.0. The summed E-state index contributed by atoms with van der Waals surface area (Å²) in [6.45, 7) is 3.11. The molecule has 0 radical (unpaired) electrons. The maximum atomic E-state index is 5.49. The zero-order valence-corrected chi connectivity index (χ0v) is 7.36. The van der Waals surface area contributed by atoms with Gasteiger partial charge < -0.3 is 4.74 Å². The van der Waals surface area contributed by atoms with E-state index in [1.54, 1.807) is 0 Å². The lowest BCUT2D eigenvalue weighted by Crippen LogP contribution is -2.25. The molecule has 0 aromatic rings. The molecule has 0 aliphatic carbocycles. The van der Waals surface area contributed by atoms with Crippen LogP contribution in [-0.2, 0) is 4.74 Å². The van der Waals surface area contributed by atoms with Gasteiger partial charge in [-0.1, -0.05) is 22.9 Å². The molecule has 1 aliphatic rings. The van der Waals surface area contributed by atoms with Crippen LogP contribution in [0.2, 0.25) is 0 Å². The van der Waals surface area contributed by atoms with Crippen molar-refractivity contribution in [1.82, 2.24) is 0 Å². The summed E-state index contributed by atoms with van der Waals surface area (Å²) in [5, 5.41) is 0. The molecule has 2 heteroatoms. The van der Waals surface area contributed by atoms with Gasteiger partial charge in [-0.25, -0.2) is 0 Å². The number of hydrogen-bond acceptors (Lipinski definition) is 1. The fourth-order valence-corrected chi connectivity index (χ4v) is 1.54. The molecule has 54 valence electrons. The molecule has 0 aromatic carbocycles. The largest absolute Gasteiger partial charge is 0.377 e. The van der Waals surface area contributed by atoms with Gasteiger partial charge in [-0.3, -0.25) is 0 Å². The highest BCUT2D eigenvalue weighted by molar-refractivity contribution is 9.09. The summed E-state index contributed by atoms with van der Waals surface area (Å²) in [4.78, 5) is 0.526. The van der Waals surface area contributed by atoms with Gasteiger partial charge >= 0.3 is 0 Å². The number of alkyl halides is 1. The highest BCUT2D eigenvalue weighted by atomic mass is 79.9. The van der Waals surface area contributed by atoms with Crippen LogP contribution < -0.4 is 0 Å². The van der Waals surface area contributed by atoms with E-state index in [9.17, 15) is 0 Å². The number of rotatable bonds is 1. The van der Waals surface area contributed by atoms with E-state index in [-0.39, 0.29) is 0 Å². The van der Waals surface area contributed by atoms with E-state index in [1.165, 1.54) is 19.3 Å². The zero-order chi connectivity index (χ0) is 6.69. The number of ether oxygens (including phenoxy) is 1. The molecule has 1 aliphatic heterocycles. The molecule has 1 heterocycles. The summed E-state index contributed by atoms with van der Waals surface area (Å²) in [5.74, 6) is 0. The van der Waals surface area contributed by atoms with Crippen molar-refractivity contribution in [3.8, 4) is 0 Å².